The van der Waals surface area contributed by atoms with E-state index in [9.17, 15) is 9.59 Å². The number of fused-ring (bicyclic) bond motifs is 3. The second-order valence-electron chi connectivity index (χ2n) is 7.92. The summed E-state index contributed by atoms with van der Waals surface area (Å²) in [6.07, 6.45) is -1.25. The number of rotatable bonds is 3. The molecule has 3 aliphatic heterocycles. The van der Waals surface area contributed by atoms with Crippen LogP contribution in [0.3, 0.4) is 0 Å². The molecule has 6 heteroatoms. The van der Waals surface area contributed by atoms with Gasteiger partial charge in [-0.15, -0.1) is 0 Å². The van der Waals surface area contributed by atoms with Gasteiger partial charge in [0.05, 0.1) is 5.54 Å². The van der Waals surface area contributed by atoms with E-state index < -0.39 is 28.8 Å². The van der Waals surface area contributed by atoms with E-state index in [0.29, 0.717) is 6.54 Å². The van der Waals surface area contributed by atoms with Crippen molar-refractivity contribution in [2.45, 2.75) is 49.6 Å². The number of amides is 2. The van der Waals surface area contributed by atoms with Gasteiger partial charge < -0.3 is 19.3 Å². The molecule has 25 heavy (non-hydrogen) atoms. The molecule has 3 heterocycles. The van der Waals surface area contributed by atoms with Gasteiger partial charge in [0.15, 0.2) is 12.2 Å². The van der Waals surface area contributed by atoms with Crippen LogP contribution < -0.4 is 0 Å². The highest BCUT2D eigenvalue weighted by molar-refractivity contribution is 5.99. The van der Waals surface area contributed by atoms with Crippen LogP contribution in [0.4, 0.5) is 0 Å². The van der Waals surface area contributed by atoms with Gasteiger partial charge in [0.1, 0.15) is 11.1 Å². The molecule has 3 fully saturated rings. The largest absolute Gasteiger partial charge is 0.369 e. The second-order valence-corrected chi connectivity index (χ2v) is 7.92. The standard InChI is InChI=1S/C19H24N2O4/c1-17(2)11-20-15(22)14(25-5)19(20,12-9-7-6-8-10-12)18(3)13(24-4)16(23)21(17)18/h6-10,13-14H,11H2,1-5H3. The molecular weight excluding hydrogens is 320 g/mol. The van der Waals surface area contributed by atoms with Gasteiger partial charge in [-0.25, -0.2) is 0 Å². The quantitative estimate of drug-likeness (QED) is 0.772. The number of hydrogen-bond acceptors (Lipinski definition) is 4. The molecule has 3 saturated heterocycles. The molecule has 0 spiro atoms. The van der Waals surface area contributed by atoms with Crippen molar-refractivity contribution < 1.29 is 19.1 Å². The Morgan fingerprint density at radius 1 is 0.960 bits per heavy atom. The molecule has 4 rings (SSSR count). The highest BCUT2D eigenvalue weighted by Gasteiger charge is 2.83. The van der Waals surface area contributed by atoms with Crippen molar-refractivity contribution in [2.24, 2.45) is 0 Å². The molecule has 0 aromatic heterocycles. The molecular formula is C19H24N2O4. The van der Waals surface area contributed by atoms with E-state index in [4.69, 9.17) is 9.47 Å². The maximum atomic E-state index is 12.8. The Hall–Kier alpha value is -1.92. The lowest BCUT2D eigenvalue weighted by Crippen LogP contribution is -2.98. The van der Waals surface area contributed by atoms with Crippen molar-refractivity contribution in [1.29, 1.82) is 0 Å². The maximum Gasteiger partial charge on any atom is 0.255 e. The third-order valence-corrected chi connectivity index (χ3v) is 6.32. The minimum absolute atomic E-state index is 0.0286. The van der Waals surface area contributed by atoms with Crippen molar-refractivity contribution in [2.75, 3.05) is 20.8 Å². The Balaban J connectivity index is 1.99. The summed E-state index contributed by atoms with van der Waals surface area (Å²) in [6, 6.07) is 9.85. The number of nitrogens with zero attached hydrogens (tertiary/aromatic N) is 2. The van der Waals surface area contributed by atoms with Crippen LogP contribution in [0.2, 0.25) is 0 Å². The van der Waals surface area contributed by atoms with Crippen LogP contribution in [0.5, 0.6) is 0 Å². The summed E-state index contributed by atoms with van der Waals surface area (Å²) in [7, 11) is 3.11. The number of hydrogen-bond donors (Lipinski definition) is 0. The van der Waals surface area contributed by atoms with E-state index in [-0.39, 0.29) is 11.8 Å². The molecule has 3 aliphatic rings. The highest BCUT2D eigenvalue weighted by Crippen LogP contribution is 2.63. The van der Waals surface area contributed by atoms with E-state index in [0.717, 1.165) is 5.56 Å². The van der Waals surface area contributed by atoms with Crippen LogP contribution in [0.1, 0.15) is 26.3 Å². The van der Waals surface area contributed by atoms with Gasteiger partial charge in [0.2, 0.25) is 0 Å². The highest BCUT2D eigenvalue weighted by atomic mass is 16.5. The van der Waals surface area contributed by atoms with Gasteiger partial charge in [-0.1, -0.05) is 30.3 Å². The molecule has 4 unspecified atom stereocenters. The summed E-state index contributed by atoms with van der Waals surface area (Å²) >= 11 is 0. The first-order chi connectivity index (χ1) is 11.8. The predicted octanol–water partition coefficient (Wildman–Crippen LogP) is 1.15. The lowest BCUT2D eigenvalue weighted by molar-refractivity contribution is -0.302. The zero-order chi connectivity index (χ0) is 18.2. The van der Waals surface area contributed by atoms with Crippen molar-refractivity contribution in [1.82, 2.24) is 9.80 Å². The first-order valence-corrected chi connectivity index (χ1v) is 8.55. The van der Waals surface area contributed by atoms with Crippen molar-refractivity contribution in [3.05, 3.63) is 35.9 Å². The summed E-state index contributed by atoms with van der Waals surface area (Å²) < 4.78 is 11.3. The van der Waals surface area contributed by atoms with Gasteiger partial charge in [-0.2, -0.15) is 0 Å². The maximum absolute atomic E-state index is 12.8. The molecule has 0 bridgehead atoms. The fraction of sp³-hybridized carbons (Fsp3) is 0.579. The van der Waals surface area contributed by atoms with E-state index in [1.165, 1.54) is 0 Å². The second kappa shape index (κ2) is 4.83. The van der Waals surface area contributed by atoms with E-state index in [2.05, 4.69) is 0 Å². The Morgan fingerprint density at radius 3 is 2.12 bits per heavy atom. The zero-order valence-corrected chi connectivity index (χ0v) is 15.3. The van der Waals surface area contributed by atoms with Gasteiger partial charge >= 0.3 is 0 Å². The number of carbonyl (C=O) groups is 2. The summed E-state index contributed by atoms with van der Waals surface area (Å²) in [4.78, 5) is 29.5. The third kappa shape index (κ3) is 1.54. The van der Waals surface area contributed by atoms with Gasteiger partial charge in [0, 0.05) is 20.8 Å². The van der Waals surface area contributed by atoms with Crippen LogP contribution in [0.15, 0.2) is 30.3 Å². The SMILES string of the molecule is COC1C(=O)N2C(C)(C)CN3C(=O)C(OC)C3(c3ccccc3)C12C. The van der Waals surface area contributed by atoms with Crippen LogP contribution in [-0.4, -0.2) is 65.7 Å². The number of piperazine rings is 1. The monoisotopic (exact) mass is 344 g/mol. The average molecular weight is 344 g/mol. The average Bonchev–Trinajstić information content (AvgIpc) is 2.57. The molecule has 0 saturated carbocycles. The summed E-state index contributed by atoms with van der Waals surface area (Å²) in [5.74, 6) is -0.0614. The van der Waals surface area contributed by atoms with E-state index in [1.54, 1.807) is 14.2 Å². The molecule has 0 aliphatic carbocycles. The molecule has 4 atom stereocenters. The molecule has 1 aromatic carbocycles. The Morgan fingerprint density at radius 2 is 1.56 bits per heavy atom. The van der Waals surface area contributed by atoms with E-state index >= 15 is 0 Å². The summed E-state index contributed by atoms with van der Waals surface area (Å²) in [6.45, 7) is 6.48. The number of ether oxygens (including phenoxy) is 2. The van der Waals surface area contributed by atoms with Crippen molar-refractivity contribution in [3.63, 3.8) is 0 Å². The lowest BCUT2D eigenvalue weighted by atomic mass is 9.53. The van der Waals surface area contributed by atoms with Crippen LogP contribution in [-0.2, 0) is 24.6 Å². The molecule has 2 amide bonds. The normalized spacial score (nSPS) is 38.6. The van der Waals surface area contributed by atoms with Gasteiger partial charge in [0.25, 0.3) is 11.8 Å². The Bertz CT molecular complexity index is 749. The van der Waals surface area contributed by atoms with Crippen LogP contribution in [0.25, 0.3) is 0 Å². The number of β-lactam (4-membered cyclic amide) rings is 2. The smallest absolute Gasteiger partial charge is 0.255 e. The Labute approximate surface area is 147 Å². The minimum Gasteiger partial charge on any atom is -0.369 e. The summed E-state index contributed by atoms with van der Waals surface area (Å²) in [5.41, 5.74) is -0.937. The first kappa shape index (κ1) is 16.5. The lowest BCUT2D eigenvalue weighted by Gasteiger charge is -2.78. The van der Waals surface area contributed by atoms with Crippen molar-refractivity contribution >= 4 is 11.8 Å². The number of carbonyl (C=O) groups excluding carboxylic acids is 2. The molecule has 134 valence electrons. The summed E-state index contributed by atoms with van der Waals surface area (Å²) in [5, 5.41) is 0. The minimum atomic E-state index is -0.746. The van der Waals surface area contributed by atoms with Gasteiger partial charge in [-0.3, -0.25) is 9.59 Å². The number of benzene rings is 1. The molecule has 1 aromatic rings. The predicted molar refractivity (Wildman–Crippen MR) is 90.8 cm³/mol. The molecule has 0 radical (unpaired) electrons. The fourth-order valence-electron chi connectivity index (χ4n) is 5.60. The fourth-order valence-corrected chi connectivity index (χ4v) is 5.60. The van der Waals surface area contributed by atoms with E-state index in [1.807, 2.05) is 60.9 Å². The zero-order valence-electron chi connectivity index (χ0n) is 15.3. The van der Waals surface area contributed by atoms with Crippen LogP contribution >= 0.6 is 0 Å². The molecule has 6 nitrogen and oxygen atoms in total. The van der Waals surface area contributed by atoms with Crippen molar-refractivity contribution in [3.8, 4) is 0 Å². The first-order valence-electron chi connectivity index (χ1n) is 8.55. The topological polar surface area (TPSA) is 59.1 Å². The Kier molecular flexibility index (Phi) is 3.19. The van der Waals surface area contributed by atoms with Gasteiger partial charge in [-0.05, 0) is 26.3 Å². The van der Waals surface area contributed by atoms with Crippen LogP contribution in [0, 0.1) is 0 Å². The molecule has 0 N–H and O–H groups in total. The number of methoxy groups -OCH3 is 2. The third-order valence-electron chi connectivity index (χ3n) is 6.32.